The van der Waals surface area contributed by atoms with E-state index >= 15 is 0 Å². The fraction of sp³-hybridized carbons (Fsp3) is 0.0962. The van der Waals surface area contributed by atoms with E-state index in [-0.39, 0.29) is 86.8 Å². The summed E-state index contributed by atoms with van der Waals surface area (Å²) in [4.78, 5) is 8.12. The molecular formula is C52H42N4O. The molecule has 0 aliphatic carbocycles. The van der Waals surface area contributed by atoms with Gasteiger partial charge in [0.05, 0.1) is 51.4 Å². The van der Waals surface area contributed by atoms with Crippen LogP contribution in [0.1, 0.15) is 49.6 Å². The van der Waals surface area contributed by atoms with Gasteiger partial charge in [-0.2, -0.15) is 0 Å². The molecule has 0 amide bonds. The molecule has 0 bridgehead atoms. The topological polar surface area (TPSA) is 33.5 Å². The van der Waals surface area contributed by atoms with E-state index in [1.54, 1.807) is 60.7 Å². The van der Waals surface area contributed by atoms with Crippen LogP contribution in [-0.4, -0.2) is 16.2 Å². The van der Waals surface area contributed by atoms with Crippen molar-refractivity contribution in [3.63, 3.8) is 0 Å². The molecule has 1 aliphatic heterocycles. The molecule has 2 aromatic heterocycles. The van der Waals surface area contributed by atoms with Gasteiger partial charge in [-0.1, -0.05) is 136 Å². The number of pyridine rings is 1. The second-order valence-electron chi connectivity index (χ2n) is 14.4. The predicted molar refractivity (Wildman–Crippen MR) is 237 cm³/mol. The molecule has 0 saturated carbocycles. The van der Waals surface area contributed by atoms with E-state index in [0.29, 0.717) is 33.7 Å². The summed E-state index contributed by atoms with van der Waals surface area (Å²) in [5.74, 6) is 0.504. The van der Waals surface area contributed by atoms with Gasteiger partial charge in [0.15, 0.2) is 0 Å². The van der Waals surface area contributed by atoms with E-state index in [0.717, 1.165) is 0 Å². The molecule has 0 radical (unpaired) electrons. The summed E-state index contributed by atoms with van der Waals surface area (Å²) in [6.45, 7) is 5.43. The standard InChI is InChI=1S/C52H42N4O/c1-52(2,3)38-30-31-53-50(32-38)56-46-25-11-10-22-44(46)45-29-28-41(34-49(45)56)57-40-21-14-20-39(33-40)54-35-55(48-27-13-12-26-47(48)54)51-42(36-16-6-4-7-17-36)23-15-24-43(51)37-18-8-5-9-19-37/h4-34H,35H2,1-3H3/i4D,5D,6D,7D,8D,9D,10D,11D,16D,17D,18D,19D,22D,25D,30D,31D,32D. The van der Waals surface area contributed by atoms with E-state index in [1.165, 1.54) is 4.57 Å². The third kappa shape index (κ3) is 6.18. The van der Waals surface area contributed by atoms with Crippen molar-refractivity contribution in [2.24, 2.45) is 0 Å². The van der Waals surface area contributed by atoms with Gasteiger partial charge >= 0.3 is 0 Å². The lowest BCUT2D eigenvalue weighted by molar-refractivity contribution is 0.483. The highest BCUT2D eigenvalue weighted by molar-refractivity contribution is 6.09. The van der Waals surface area contributed by atoms with Crippen LogP contribution >= 0.6 is 0 Å². The molecule has 5 nitrogen and oxygen atoms in total. The second-order valence-corrected chi connectivity index (χ2v) is 14.4. The minimum absolute atomic E-state index is 0.00515. The number of benzene rings is 7. The van der Waals surface area contributed by atoms with Crippen molar-refractivity contribution in [1.29, 1.82) is 0 Å². The highest BCUT2D eigenvalue weighted by Crippen LogP contribution is 2.50. The van der Waals surface area contributed by atoms with Crippen LogP contribution < -0.4 is 14.5 Å². The lowest BCUT2D eigenvalue weighted by Crippen LogP contribution is -2.24. The first kappa shape index (κ1) is 20.7. The summed E-state index contributed by atoms with van der Waals surface area (Å²) in [6.07, 6.45) is -0.411. The van der Waals surface area contributed by atoms with Crippen LogP contribution in [-0.2, 0) is 5.41 Å². The van der Waals surface area contributed by atoms with Gasteiger partial charge in [0.1, 0.15) is 24.0 Å². The number of ether oxygens (including phenoxy) is 1. The third-order valence-corrected chi connectivity index (χ3v) is 9.87. The summed E-state index contributed by atoms with van der Waals surface area (Å²) in [5, 5.41) is 0.563. The van der Waals surface area contributed by atoms with Gasteiger partial charge < -0.3 is 14.5 Å². The van der Waals surface area contributed by atoms with Gasteiger partial charge in [-0.05, 0) is 76.6 Å². The Bertz CT molecular complexity index is 3760. The van der Waals surface area contributed by atoms with Crippen LogP contribution in [0.25, 0.3) is 49.9 Å². The number of hydrogen-bond acceptors (Lipinski definition) is 4. The molecule has 0 atom stereocenters. The van der Waals surface area contributed by atoms with Crippen LogP contribution in [0.3, 0.4) is 0 Å². The Labute approximate surface area is 357 Å². The normalized spacial score (nSPS) is 16.9. The fourth-order valence-corrected chi connectivity index (χ4v) is 7.25. The number of nitrogens with zero attached hydrogens (tertiary/aromatic N) is 4. The average Bonchev–Trinajstić information content (AvgIpc) is 3.92. The molecule has 9 aromatic rings. The first-order chi connectivity index (χ1) is 35.0. The lowest BCUT2D eigenvalue weighted by Gasteiger charge is -2.27. The molecule has 10 rings (SSSR count). The van der Waals surface area contributed by atoms with Crippen molar-refractivity contribution in [3.05, 3.63) is 193 Å². The number of aromatic nitrogens is 2. The Kier molecular flexibility index (Phi) is 5.04. The van der Waals surface area contributed by atoms with E-state index in [2.05, 4.69) is 4.98 Å². The molecule has 0 unspecified atom stereocenters. The Balaban J connectivity index is 1.12. The Morgan fingerprint density at radius 2 is 1.25 bits per heavy atom. The molecule has 57 heavy (non-hydrogen) atoms. The lowest BCUT2D eigenvalue weighted by atomic mass is 9.88. The zero-order valence-corrected chi connectivity index (χ0v) is 31.0. The molecular weight excluding hydrogens is 697 g/mol. The molecule has 1 aliphatic rings. The minimum atomic E-state index is -0.772. The van der Waals surface area contributed by atoms with Gasteiger partial charge in [-0.3, -0.25) is 4.57 Å². The Morgan fingerprint density at radius 3 is 1.96 bits per heavy atom. The molecule has 0 saturated heterocycles. The maximum atomic E-state index is 9.35. The van der Waals surface area contributed by atoms with Crippen LogP contribution in [0.15, 0.2) is 188 Å². The number of hydrogen-bond donors (Lipinski definition) is 0. The number of fused-ring (bicyclic) bond motifs is 4. The van der Waals surface area contributed by atoms with Crippen LogP contribution in [0.4, 0.5) is 22.7 Å². The van der Waals surface area contributed by atoms with Gasteiger partial charge in [-0.15, -0.1) is 0 Å². The summed E-state index contributed by atoms with van der Waals surface area (Å²) >= 11 is 0. The first-order valence-corrected chi connectivity index (χ1v) is 18.2. The molecule has 3 heterocycles. The van der Waals surface area contributed by atoms with E-state index in [4.69, 9.17) is 26.7 Å². The zero-order valence-electron chi connectivity index (χ0n) is 48.0. The molecule has 0 spiro atoms. The van der Waals surface area contributed by atoms with Crippen LogP contribution in [0, 0.1) is 0 Å². The fourth-order valence-electron chi connectivity index (χ4n) is 7.25. The molecule has 0 fully saturated rings. The van der Waals surface area contributed by atoms with Crippen molar-refractivity contribution < 1.29 is 28.0 Å². The molecule has 0 N–H and O–H groups in total. The first-order valence-electron chi connectivity index (χ1n) is 26.7. The average molecular weight is 756 g/mol. The van der Waals surface area contributed by atoms with Crippen molar-refractivity contribution >= 4 is 44.6 Å². The molecule has 5 heteroatoms. The van der Waals surface area contributed by atoms with E-state index in [9.17, 15) is 1.37 Å². The predicted octanol–water partition coefficient (Wildman–Crippen LogP) is 13.8. The van der Waals surface area contributed by atoms with Gasteiger partial charge in [0.25, 0.3) is 0 Å². The van der Waals surface area contributed by atoms with Crippen LogP contribution in [0.5, 0.6) is 11.5 Å². The summed E-state index contributed by atoms with van der Waals surface area (Å²) < 4.78 is 157. The maximum Gasteiger partial charge on any atom is 0.137 e. The van der Waals surface area contributed by atoms with Crippen molar-refractivity contribution in [1.82, 2.24) is 9.55 Å². The minimum Gasteiger partial charge on any atom is -0.457 e. The third-order valence-electron chi connectivity index (χ3n) is 9.87. The SMILES string of the molecule is [2H]c1nc(-n2c3cc(Oc4cccc(N5CN(c6c(-c7c([2H])c([2H])c([2H])c([2H])c7[2H])cccc6-c6c([2H])c([2H])c([2H])c([2H])c6[2H])c6ccccc65)c4)ccc3c3c([2H])c([2H])c([2H])c([2H])c32)c([2H])c(C(C)(C)C)c1[2H]. The van der Waals surface area contributed by atoms with Gasteiger partial charge in [-0.25, -0.2) is 4.98 Å². The zero-order chi connectivity index (χ0) is 53.3. The molecule has 276 valence electrons. The summed E-state index contributed by atoms with van der Waals surface area (Å²) in [6, 6.07) is 16.4. The van der Waals surface area contributed by atoms with Crippen molar-refractivity contribution in [2.45, 2.75) is 26.2 Å². The quantitative estimate of drug-likeness (QED) is 0.162. The van der Waals surface area contributed by atoms with E-state index < -0.39 is 84.1 Å². The summed E-state index contributed by atoms with van der Waals surface area (Å²) in [5.41, 5.74) is 1.82. The van der Waals surface area contributed by atoms with Gasteiger partial charge in [0, 0.05) is 45.9 Å². The Morgan fingerprint density at radius 1 is 0.596 bits per heavy atom. The van der Waals surface area contributed by atoms with Crippen LogP contribution in [0.2, 0.25) is 0 Å². The number of rotatable bonds is 7. The molecule has 7 aromatic carbocycles. The summed E-state index contributed by atoms with van der Waals surface area (Å²) in [7, 11) is 0. The van der Waals surface area contributed by atoms with E-state index in [1.807, 2.05) is 54.8 Å². The van der Waals surface area contributed by atoms with Crippen molar-refractivity contribution in [3.8, 4) is 39.6 Å². The van der Waals surface area contributed by atoms with Gasteiger partial charge in [0.2, 0.25) is 0 Å². The van der Waals surface area contributed by atoms with Crippen molar-refractivity contribution in [2.75, 3.05) is 16.5 Å². The maximum absolute atomic E-state index is 9.35. The highest BCUT2D eigenvalue weighted by atomic mass is 16.5. The monoisotopic (exact) mass is 755 g/mol. The largest absolute Gasteiger partial charge is 0.457 e. The number of para-hydroxylation sites is 4. The highest BCUT2D eigenvalue weighted by Gasteiger charge is 2.31. The second kappa shape index (κ2) is 13.9. The Hall–Kier alpha value is -7.11. The number of anilines is 4. The smallest absolute Gasteiger partial charge is 0.137 e.